The Morgan fingerprint density at radius 2 is 1.61 bits per heavy atom. The second-order valence-corrected chi connectivity index (χ2v) is 8.22. The summed E-state index contributed by atoms with van der Waals surface area (Å²) in [7, 11) is 0. The van der Waals surface area contributed by atoms with E-state index in [9.17, 15) is 9.59 Å². The van der Waals surface area contributed by atoms with Crippen molar-refractivity contribution in [1.82, 2.24) is 16.0 Å². The lowest BCUT2D eigenvalue weighted by Gasteiger charge is -2.29. The number of hydrogen-bond acceptors (Lipinski definition) is 5. The first-order valence-electron chi connectivity index (χ1n) is 9.97. The summed E-state index contributed by atoms with van der Waals surface area (Å²) in [5.74, 6) is 0. The van der Waals surface area contributed by atoms with Gasteiger partial charge in [-0.3, -0.25) is 0 Å². The van der Waals surface area contributed by atoms with Crippen molar-refractivity contribution in [3.05, 3.63) is 35.9 Å². The second-order valence-electron chi connectivity index (χ2n) is 8.22. The third-order valence-corrected chi connectivity index (χ3v) is 4.51. The number of amides is 2. The van der Waals surface area contributed by atoms with E-state index < -0.39 is 6.09 Å². The number of carbonyl (C=O) groups is 2. The first-order chi connectivity index (χ1) is 13.3. The van der Waals surface area contributed by atoms with Crippen molar-refractivity contribution in [3.63, 3.8) is 0 Å². The summed E-state index contributed by atoms with van der Waals surface area (Å²) < 4.78 is 10.4. The molecule has 1 aromatic rings. The van der Waals surface area contributed by atoms with Crippen molar-refractivity contribution in [2.45, 2.75) is 70.7 Å². The number of alkyl carbamates (subject to hydrolysis) is 2. The van der Waals surface area contributed by atoms with Gasteiger partial charge in [0.2, 0.25) is 0 Å². The highest BCUT2D eigenvalue weighted by atomic mass is 16.6. The zero-order chi connectivity index (χ0) is 20.4. The van der Waals surface area contributed by atoms with E-state index in [1.54, 1.807) is 0 Å². The summed E-state index contributed by atoms with van der Waals surface area (Å²) in [6, 6.07) is 10.2. The fraction of sp³-hybridized carbons (Fsp3) is 0.619. The number of hydrogen-bond donors (Lipinski definition) is 3. The van der Waals surface area contributed by atoms with Crippen molar-refractivity contribution in [2.75, 3.05) is 13.2 Å². The molecular formula is C21H33N3O4. The quantitative estimate of drug-likeness (QED) is 0.621. The number of rotatable bonds is 7. The molecular weight excluding hydrogens is 358 g/mol. The first-order valence-corrected chi connectivity index (χ1v) is 9.97. The van der Waals surface area contributed by atoms with Crippen molar-refractivity contribution in [2.24, 2.45) is 0 Å². The number of ether oxygens (including phenoxy) is 2. The largest absolute Gasteiger partial charge is 0.448 e. The molecule has 0 unspecified atom stereocenters. The van der Waals surface area contributed by atoms with Crippen LogP contribution >= 0.6 is 0 Å². The highest BCUT2D eigenvalue weighted by Crippen LogP contribution is 2.18. The minimum absolute atomic E-state index is 0.148. The molecule has 7 nitrogen and oxygen atoms in total. The molecule has 2 amide bonds. The Labute approximate surface area is 167 Å². The van der Waals surface area contributed by atoms with E-state index in [1.807, 2.05) is 51.1 Å². The molecule has 0 aromatic heterocycles. The number of carbonyl (C=O) groups excluding carboxylic acids is 2. The van der Waals surface area contributed by atoms with Gasteiger partial charge in [-0.1, -0.05) is 30.3 Å². The summed E-state index contributed by atoms with van der Waals surface area (Å²) in [4.78, 5) is 23.5. The molecule has 7 heteroatoms. The van der Waals surface area contributed by atoms with Gasteiger partial charge in [-0.15, -0.1) is 0 Å². The van der Waals surface area contributed by atoms with E-state index in [4.69, 9.17) is 9.47 Å². The molecule has 0 radical (unpaired) electrons. The molecule has 0 saturated heterocycles. The average molecular weight is 392 g/mol. The number of nitrogens with one attached hydrogen (secondary N) is 3. The molecule has 0 heterocycles. The fourth-order valence-electron chi connectivity index (χ4n) is 3.12. The molecule has 1 fully saturated rings. The monoisotopic (exact) mass is 391 g/mol. The third kappa shape index (κ3) is 9.08. The van der Waals surface area contributed by atoms with Crippen LogP contribution in [0.4, 0.5) is 9.59 Å². The van der Waals surface area contributed by atoms with Gasteiger partial charge >= 0.3 is 12.2 Å². The molecule has 0 atom stereocenters. The third-order valence-electron chi connectivity index (χ3n) is 4.51. The fourth-order valence-corrected chi connectivity index (χ4v) is 3.12. The molecule has 2 rings (SSSR count). The molecule has 1 saturated carbocycles. The maximum absolute atomic E-state index is 11.9. The normalized spacial score (nSPS) is 19.5. The summed E-state index contributed by atoms with van der Waals surface area (Å²) in [5.41, 5.74) is 0.682. The molecule has 1 aliphatic carbocycles. The minimum Gasteiger partial charge on any atom is -0.448 e. The van der Waals surface area contributed by atoms with Gasteiger partial charge in [-0.05, 0) is 52.0 Å². The van der Waals surface area contributed by atoms with Crippen molar-refractivity contribution < 1.29 is 19.1 Å². The Morgan fingerprint density at radius 1 is 0.964 bits per heavy atom. The Bertz CT molecular complexity index is 608. The molecule has 0 aliphatic heterocycles. The van der Waals surface area contributed by atoms with Crippen LogP contribution in [0.1, 0.15) is 52.0 Å². The predicted octanol–water partition coefficient (Wildman–Crippen LogP) is 3.34. The molecule has 0 spiro atoms. The van der Waals surface area contributed by atoms with Crippen LogP contribution in [0, 0.1) is 0 Å². The highest BCUT2D eigenvalue weighted by Gasteiger charge is 2.22. The Kier molecular flexibility index (Phi) is 8.57. The molecule has 156 valence electrons. The minimum atomic E-state index is -0.392. The van der Waals surface area contributed by atoms with Gasteiger partial charge in [-0.25, -0.2) is 9.59 Å². The molecule has 1 aliphatic rings. The van der Waals surface area contributed by atoms with Gasteiger partial charge in [-0.2, -0.15) is 0 Å². The molecule has 0 bridgehead atoms. The van der Waals surface area contributed by atoms with E-state index in [1.165, 1.54) is 0 Å². The van der Waals surface area contributed by atoms with Crippen LogP contribution in [0.25, 0.3) is 0 Å². The highest BCUT2D eigenvalue weighted by molar-refractivity contribution is 5.68. The summed E-state index contributed by atoms with van der Waals surface area (Å²) in [6.07, 6.45) is 3.00. The number of benzene rings is 1. The second kappa shape index (κ2) is 10.9. The standard InChI is InChI=1S/C21H33N3O4/c1-21(2,3)24-20(26)27-14-13-22-17-9-11-18(12-10-17)23-19(25)28-15-16-7-5-4-6-8-16/h4-8,17-18,22H,9-15H2,1-3H3,(H,23,25)(H,24,26). The molecule has 28 heavy (non-hydrogen) atoms. The zero-order valence-electron chi connectivity index (χ0n) is 17.1. The SMILES string of the molecule is CC(C)(C)NC(=O)OCCNC1CCC(NC(=O)OCc2ccccc2)CC1. The summed E-state index contributed by atoms with van der Waals surface area (Å²) in [6.45, 7) is 6.99. The van der Waals surface area contributed by atoms with Crippen LogP contribution in [-0.4, -0.2) is 43.0 Å². The lowest BCUT2D eigenvalue weighted by molar-refractivity contribution is 0.130. The average Bonchev–Trinajstić information content (AvgIpc) is 2.64. The van der Waals surface area contributed by atoms with Gasteiger partial charge < -0.3 is 25.4 Å². The lowest BCUT2D eigenvalue weighted by atomic mass is 9.91. The van der Waals surface area contributed by atoms with Crippen LogP contribution in [0.3, 0.4) is 0 Å². The smallest absolute Gasteiger partial charge is 0.407 e. The molecule has 1 aromatic carbocycles. The molecule has 3 N–H and O–H groups in total. The van der Waals surface area contributed by atoms with Crippen molar-refractivity contribution in [3.8, 4) is 0 Å². The van der Waals surface area contributed by atoms with Crippen LogP contribution in [-0.2, 0) is 16.1 Å². The predicted molar refractivity (Wildman–Crippen MR) is 108 cm³/mol. The van der Waals surface area contributed by atoms with Crippen molar-refractivity contribution in [1.29, 1.82) is 0 Å². The first kappa shape index (κ1) is 22.0. The maximum Gasteiger partial charge on any atom is 0.407 e. The van der Waals surface area contributed by atoms with Crippen LogP contribution in [0.2, 0.25) is 0 Å². The van der Waals surface area contributed by atoms with Crippen LogP contribution in [0.15, 0.2) is 30.3 Å². The Balaban J connectivity index is 1.53. The maximum atomic E-state index is 11.9. The van der Waals surface area contributed by atoms with E-state index in [-0.39, 0.29) is 24.3 Å². The van der Waals surface area contributed by atoms with Gasteiger partial charge in [0.25, 0.3) is 0 Å². The van der Waals surface area contributed by atoms with E-state index in [2.05, 4.69) is 16.0 Å². The van der Waals surface area contributed by atoms with E-state index in [0.717, 1.165) is 31.2 Å². The Morgan fingerprint density at radius 3 is 2.25 bits per heavy atom. The summed E-state index contributed by atoms with van der Waals surface area (Å²) >= 11 is 0. The lowest BCUT2D eigenvalue weighted by Crippen LogP contribution is -2.44. The van der Waals surface area contributed by atoms with E-state index >= 15 is 0 Å². The van der Waals surface area contributed by atoms with Crippen LogP contribution < -0.4 is 16.0 Å². The van der Waals surface area contributed by atoms with Crippen LogP contribution in [0.5, 0.6) is 0 Å². The topological polar surface area (TPSA) is 88.7 Å². The van der Waals surface area contributed by atoms with Gasteiger partial charge in [0, 0.05) is 24.2 Å². The van der Waals surface area contributed by atoms with E-state index in [0.29, 0.717) is 19.2 Å². The zero-order valence-corrected chi connectivity index (χ0v) is 17.1. The van der Waals surface area contributed by atoms with Gasteiger partial charge in [0.15, 0.2) is 0 Å². The Hall–Kier alpha value is -2.28. The van der Waals surface area contributed by atoms with Crippen molar-refractivity contribution >= 4 is 12.2 Å². The van der Waals surface area contributed by atoms with Gasteiger partial charge in [0.1, 0.15) is 13.2 Å². The summed E-state index contributed by atoms with van der Waals surface area (Å²) in [5, 5.41) is 9.12. The van der Waals surface area contributed by atoms with Gasteiger partial charge in [0.05, 0.1) is 0 Å².